The summed E-state index contributed by atoms with van der Waals surface area (Å²) >= 11 is 0. The molecule has 2 aromatic rings. The highest BCUT2D eigenvalue weighted by Gasteiger charge is 2.62. The van der Waals surface area contributed by atoms with Crippen LogP contribution >= 0.6 is 0 Å². The van der Waals surface area contributed by atoms with E-state index in [1.165, 1.54) is 135 Å². The van der Waals surface area contributed by atoms with Crippen LogP contribution in [0.2, 0.25) is 0 Å². The third-order valence-electron chi connectivity index (χ3n) is 22.5. The fourth-order valence-electron chi connectivity index (χ4n) is 16.9. The van der Waals surface area contributed by atoms with Crippen LogP contribution in [-0.2, 0) is 156 Å². The predicted molar refractivity (Wildman–Crippen MR) is 414 cm³/mol. The van der Waals surface area contributed by atoms with Crippen molar-refractivity contribution < 1.29 is 175 Å². The lowest BCUT2D eigenvalue weighted by atomic mass is 9.94. The second kappa shape index (κ2) is 48.2. The lowest BCUT2D eigenvalue weighted by Gasteiger charge is -2.52. The molecule has 0 radical (unpaired) electrons. The van der Waals surface area contributed by atoms with E-state index in [1.807, 2.05) is 0 Å². The van der Waals surface area contributed by atoms with E-state index in [0.29, 0.717) is 11.5 Å². The monoisotopic (exact) mass is 1720 g/mol. The molecule has 0 saturated carbocycles. The minimum atomic E-state index is -1.48. The number of carbonyl (C=O) groups is 2. The Kier molecular flexibility index (Phi) is 39.1. The van der Waals surface area contributed by atoms with Crippen molar-refractivity contribution in [2.45, 2.75) is 215 Å². The Hall–Kier alpha value is -4.86. The molecule has 21 aliphatic rings. The number of benzene rings is 2. The molecule has 21 heterocycles. The van der Waals surface area contributed by atoms with Gasteiger partial charge in [-0.15, -0.1) is 0 Å². The van der Waals surface area contributed by atoms with Crippen LogP contribution in [0.3, 0.4) is 0 Å². The van der Waals surface area contributed by atoms with Gasteiger partial charge >= 0.3 is 0 Å². The van der Waals surface area contributed by atoms with Crippen molar-refractivity contribution in [3.63, 3.8) is 0 Å². The Balaban J connectivity index is 1.10. The molecule has 0 spiro atoms. The van der Waals surface area contributed by atoms with Gasteiger partial charge < -0.3 is 176 Å². The average molecular weight is 1720 g/mol. The van der Waals surface area contributed by atoms with E-state index < -0.39 is 227 Å². The molecule has 23 rings (SSSR count). The third kappa shape index (κ3) is 22.4. The lowest BCUT2D eigenvalue weighted by Crippen LogP contribution is -2.70. The summed E-state index contributed by atoms with van der Waals surface area (Å²) in [5, 5.41) is 6.07. The quantitative estimate of drug-likeness (QED) is 0.0905. The minimum Gasteiger partial charge on any atom is -0.490 e. The van der Waals surface area contributed by atoms with Gasteiger partial charge in [-0.3, -0.25) is 9.59 Å². The van der Waals surface area contributed by atoms with E-state index >= 15 is 0 Å². The van der Waals surface area contributed by atoms with Crippen LogP contribution in [0.1, 0.15) is 20.7 Å². The largest absolute Gasteiger partial charge is 0.490 e. The summed E-state index contributed by atoms with van der Waals surface area (Å²) in [6.07, 6.45) is -37.4. The van der Waals surface area contributed by atoms with Gasteiger partial charge in [0.25, 0.3) is 11.8 Å². The first-order valence-electron chi connectivity index (χ1n) is 39.7. The summed E-state index contributed by atoms with van der Waals surface area (Å²) in [5.41, 5.74) is 0.542. The standard InChI is InChI=1S/C81H126N2O37/c1-22-32-105-43-28-24-41(25-29-43)73(84)82-34-45-52-59(91-8)67(99-16)76(108-45)116-54-47(36-86-3)110-78(69(101-18)61(54)93-10)118-56-49(38-88-5)112-80(71(103-20)63(56)95-12)120-58-51(40-90-7)113-81(72(104-21)65(58)97-14)119-57-50(39-89-6)111-79(70(102-19)64(57)96-13)117-55-48(37-87-4)109-77(68(100-17)62(55)94-11)115-53-46(107-75(114-52)66(98-15)60(53)92-9)35-83-74(85)42-26-30-44(31-27-42)106-33-23-2/h22-31,45-72,75-81H,1-2,32-40H2,3-21H3,(H,82,84)(H,83,85)/t45-,46-,47-,48-,49-,50-,51-,52-,53-,54-,55-,56-,57-,58-,59+,60+,61+,62+,63+,64+,65+,66-,67-,68-,69-,70-,71-,72-,75-,76-,77-,78-,79-,80-,81-/m1/s1. The zero-order valence-corrected chi connectivity index (χ0v) is 71.9. The molecule has 0 aliphatic carbocycles. The van der Waals surface area contributed by atoms with Gasteiger partial charge in [-0.05, 0) is 48.5 Å². The van der Waals surface area contributed by atoms with Crippen LogP contribution in [-0.4, -0.2) is 421 Å². The van der Waals surface area contributed by atoms with Crippen LogP contribution in [0.25, 0.3) is 0 Å². The fourth-order valence-corrected chi connectivity index (χ4v) is 16.9. The maximum absolute atomic E-state index is 14.5. The summed E-state index contributed by atoms with van der Waals surface area (Å²) in [4.78, 5) is 29.0. The number of ether oxygens (including phenoxy) is 35. The second-order valence-electron chi connectivity index (χ2n) is 29.3. The topological polar surface area (TPSA) is 381 Å². The molecule has 2 amide bonds. The van der Waals surface area contributed by atoms with Gasteiger partial charge in [0.2, 0.25) is 0 Å². The zero-order chi connectivity index (χ0) is 86.3. The number of methoxy groups -OCH3 is 19. The molecule has 682 valence electrons. The number of carbonyl (C=O) groups excluding carboxylic acids is 2. The molecule has 39 heteroatoms. The van der Waals surface area contributed by atoms with Crippen LogP contribution in [0.5, 0.6) is 11.5 Å². The molecule has 2 N–H and O–H groups in total. The van der Waals surface area contributed by atoms with Crippen molar-refractivity contribution in [1.82, 2.24) is 10.6 Å². The molecular weight excluding hydrogens is 1590 g/mol. The molecule has 39 nitrogen and oxygen atoms in total. The second-order valence-corrected chi connectivity index (χ2v) is 29.3. The van der Waals surface area contributed by atoms with E-state index in [0.717, 1.165) is 0 Å². The molecule has 21 aliphatic heterocycles. The Morgan fingerprint density at radius 3 is 0.608 bits per heavy atom. The van der Waals surface area contributed by atoms with Crippen molar-refractivity contribution in [3.05, 3.63) is 85.0 Å². The van der Waals surface area contributed by atoms with Crippen molar-refractivity contribution in [2.75, 3.05) is 194 Å². The first-order valence-corrected chi connectivity index (χ1v) is 39.7. The third-order valence-corrected chi connectivity index (χ3v) is 22.5. The Morgan fingerprint density at radius 1 is 0.267 bits per heavy atom. The average Bonchev–Trinajstić information content (AvgIpc) is 0.803. The van der Waals surface area contributed by atoms with Crippen LogP contribution in [0, 0.1) is 0 Å². The molecule has 0 unspecified atom stereocenters. The van der Waals surface area contributed by atoms with Crippen LogP contribution in [0.4, 0.5) is 0 Å². The predicted octanol–water partition coefficient (Wildman–Crippen LogP) is 1.20. The summed E-state index contributed by atoms with van der Waals surface area (Å²) in [5.74, 6) is -0.00818. The molecule has 21 fully saturated rings. The minimum absolute atomic E-state index is 0.0767. The number of hydrogen-bond acceptors (Lipinski definition) is 37. The SMILES string of the molecule is C=CCOc1ccc(C(=O)NC[C@H]2O[C@@H]3O[C@H]4[C@H](OC)[C@@H](OC)[C@@H](O[C@H]5[C@H](OC)[C@@H](OC)[C@@H](O[C@H]6[C@H](OC)[C@@H](OC)[C@@H](O[C@H]7[C@H](OC)[C@@H](OC)[C@@H](O[C@H]8[C@H](OC)[C@@H](OC)[C@@H](O[C@H]9[C@H](OC)[C@@H](OC)[C@@H](O[C@H]2[C@H](OC)[C@H]3OC)O[C@@H]9CNC(=O)c2ccc(OCC=C)cc2)O[C@@H]8COC)O[C@@H]7COC)O[C@@H]6COC)O[C@@H]5COC)O[C@@H]4COC)cc1. The van der Waals surface area contributed by atoms with Crippen molar-refractivity contribution >= 4 is 11.8 Å². The highest BCUT2D eigenvalue weighted by Crippen LogP contribution is 2.43. The number of rotatable bonds is 36. The van der Waals surface area contributed by atoms with Crippen molar-refractivity contribution in [3.8, 4) is 11.5 Å². The van der Waals surface area contributed by atoms with E-state index in [4.69, 9.17) is 166 Å². The van der Waals surface area contributed by atoms with E-state index in [9.17, 15) is 9.59 Å². The molecule has 35 atom stereocenters. The number of amides is 2. The smallest absolute Gasteiger partial charge is 0.251 e. The molecule has 14 bridgehead atoms. The summed E-state index contributed by atoms with van der Waals surface area (Å²) in [6.45, 7) is 6.87. The van der Waals surface area contributed by atoms with Gasteiger partial charge in [0.1, 0.15) is 196 Å². The van der Waals surface area contributed by atoms with E-state index in [2.05, 4.69) is 23.8 Å². The maximum Gasteiger partial charge on any atom is 0.251 e. The van der Waals surface area contributed by atoms with Crippen LogP contribution < -0.4 is 20.1 Å². The van der Waals surface area contributed by atoms with Crippen molar-refractivity contribution in [1.29, 1.82) is 0 Å². The van der Waals surface area contributed by atoms with Crippen LogP contribution in [0.15, 0.2) is 73.8 Å². The molecule has 0 aromatic heterocycles. The van der Waals surface area contributed by atoms with E-state index in [-0.39, 0.29) is 70.5 Å². The highest BCUT2D eigenvalue weighted by molar-refractivity contribution is 5.94. The summed E-state index contributed by atoms with van der Waals surface area (Å²) < 4.78 is 229. The lowest BCUT2D eigenvalue weighted by molar-refractivity contribution is -0.402. The zero-order valence-electron chi connectivity index (χ0n) is 71.9. The van der Waals surface area contributed by atoms with E-state index in [1.54, 1.807) is 60.7 Å². The normalized spacial score (nSPS) is 39.5. The van der Waals surface area contributed by atoms with Gasteiger partial charge in [-0.2, -0.15) is 0 Å². The summed E-state index contributed by atoms with van der Waals surface area (Å²) in [7, 11) is 28.0. The number of hydrogen-bond donors (Lipinski definition) is 2. The van der Waals surface area contributed by atoms with Gasteiger partial charge in [0.05, 0.1) is 33.0 Å². The molecule has 2 aromatic carbocycles. The molecular formula is C81H126N2O37. The number of nitrogens with one attached hydrogen (secondary N) is 2. The highest BCUT2D eigenvalue weighted by atomic mass is 16.8. The van der Waals surface area contributed by atoms with Gasteiger partial charge in [0.15, 0.2) is 44.0 Å². The Labute approximate surface area is 701 Å². The van der Waals surface area contributed by atoms with Crippen molar-refractivity contribution in [2.24, 2.45) is 0 Å². The van der Waals surface area contributed by atoms with Gasteiger partial charge in [-0.25, -0.2) is 0 Å². The summed E-state index contributed by atoms with van der Waals surface area (Å²) in [6, 6.07) is 13.1. The maximum atomic E-state index is 14.5. The van der Waals surface area contributed by atoms with Gasteiger partial charge in [0, 0.05) is 159 Å². The molecule has 21 saturated heterocycles. The fraction of sp³-hybridized carbons (Fsp3) is 0.778. The first kappa shape index (κ1) is 97.3. The first-order chi connectivity index (χ1) is 58.4. The molecule has 120 heavy (non-hydrogen) atoms. The Bertz CT molecular complexity index is 3240. The Morgan fingerprint density at radius 2 is 0.442 bits per heavy atom. The van der Waals surface area contributed by atoms with Gasteiger partial charge in [-0.1, -0.05) is 25.3 Å².